The molecule has 0 aromatic carbocycles. The highest BCUT2D eigenvalue weighted by atomic mass is 16.3. The van der Waals surface area contributed by atoms with Gasteiger partial charge in [0, 0.05) is 12.6 Å². The Morgan fingerprint density at radius 2 is 2.12 bits per heavy atom. The number of aryl methyl sites for hydroxylation is 1. The van der Waals surface area contributed by atoms with Gasteiger partial charge in [-0.25, -0.2) is 0 Å². The molecule has 1 aromatic heterocycles. The zero-order valence-electron chi connectivity index (χ0n) is 10.5. The predicted octanol–water partition coefficient (Wildman–Crippen LogP) is 1.54. The van der Waals surface area contributed by atoms with Gasteiger partial charge in [-0.1, -0.05) is 6.92 Å². The van der Waals surface area contributed by atoms with Gasteiger partial charge in [-0.15, -0.1) is 5.10 Å². The van der Waals surface area contributed by atoms with E-state index in [2.05, 4.69) is 21.6 Å². The predicted molar refractivity (Wildman–Crippen MR) is 65.6 cm³/mol. The fourth-order valence-electron chi connectivity index (χ4n) is 1.57. The first-order valence-electron chi connectivity index (χ1n) is 5.75. The van der Waals surface area contributed by atoms with Crippen molar-refractivity contribution in [2.24, 2.45) is 0 Å². The number of nitrogens with one attached hydrogen (secondary N) is 1. The Hall–Kier alpha value is -1.67. The van der Waals surface area contributed by atoms with Crippen molar-refractivity contribution in [1.29, 1.82) is 5.26 Å². The highest BCUT2D eigenvalue weighted by Gasteiger charge is 2.13. The second-order valence-corrected chi connectivity index (χ2v) is 4.01. The minimum Gasteiger partial charge on any atom is -0.396 e. The summed E-state index contributed by atoms with van der Waals surface area (Å²) < 4.78 is 0. The van der Waals surface area contributed by atoms with Crippen molar-refractivity contribution in [3.63, 3.8) is 0 Å². The Labute approximate surface area is 101 Å². The number of hydrogen-bond donors (Lipinski definition) is 2. The van der Waals surface area contributed by atoms with Gasteiger partial charge in [-0.05, 0) is 32.3 Å². The molecule has 0 radical (unpaired) electrons. The minimum absolute atomic E-state index is 0.114. The zero-order valence-corrected chi connectivity index (χ0v) is 10.5. The average molecular weight is 234 g/mol. The first-order chi connectivity index (χ1) is 8.13. The van der Waals surface area contributed by atoms with Gasteiger partial charge in [-0.2, -0.15) is 10.4 Å². The molecule has 0 spiro atoms. The molecule has 92 valence electrons. The molecule has 0 amide bonds. The molecule has 1 aromatic rings. The molecule has 5 nitrogen and oxygen atoms in total. The molecule has 1 unspecified atom stereocenters. The Balaban J connectivity index is 2.99. The van der Waals surface area contributed by atoms with Crippen LogP contribution < -0.4 is 5.32 Å². The molecule has 0 saturated carbocycles. The van der Waals surface area contributed by atoms with E-state index in [1.165, 1.54) is 0 Å². The zero-order chi connectivity index (χ0) is 12.8. The van der Waals surface area contributed by atoms with Crippen LogP contribution in [0.25, 0.3) is 0 Å². The van der Waals surface area contributed by atoms with Crippen LogP contribution in [0.5, 0.6) is 0 Å². The smallest absolute Gasteiger partial charge is 0.167 e. The summed E-state index contributed by atoms with van der Waals surface area (Å²) in [4.78, 5) is 0. The van der Waals surface area contributed by atoms with Crippen LogP contribution in [0.1, 0.15) is 36.6 Å². The lowest BCUT2D eigenvalue weighted by molar-refractivity contribution is 0.278. The quantitative estimate of drug-likeness (QED) is 0.807. The van der Waals surface area contributed by atoms with Crippen molar-refractivity contribution >= 4 is 5.82 Å². The van der Waals surface area contributed by atoms with Gasteiger partial charge in [0.25, 0.3) is 0 Å². The Bertz CT molecular complexity index is 425. The van der Waals surface area contributed by atoms with Crippen molar-refractivity contribution in [3.8, 4) is 6.07 Å². The van der Waals surface area contributed by atoms with Crippen LogP contribution in [0.15, 0.2) is 0 Å². The van der Waals surface area contributed by atoms with Crippen LogP contribution in [0.3, 0.4) is 0 Å². The standard InChI is InChI=1S/C12H18N4O/c1-4-10(5-6-17)14-12-11(7-13)8(2)9(3)15-16-12/h10,17H,4-6H2,1-3H3,(H,14,16). The lowest BCUT2D eigenvalue weighted by Gasteiger charge is -2.17. The maximum Gasteiger partial charge on any atom is 0.167 e. The van der Waals surface area contributed by atoms with E-state index in [9.17, 15) is 0 Å². The lowest BCUT2D eigenvalue weighted by Crippen LogP contribution is -2.22. The van der Waals surface area contributed by atoms with Gasteiger partial charge in [0.2, 0.25) is 0 Å². The third-order valence-corrected chi connectivity index (χ3v) is 2.88. The number of aliphatic hydroxyl groups excluding tert-OH is 1. The third kappa shape index (κ3) is 3.14. The first kappa shape index (κ1) is 13.4. The van der Waals surface area contributed by atoms with E-state index < -0.39 is 0 Å². The van der Waals surface area contributed by atoms with E-state index in [1.807, 2.05) is 20.8 Å². The molecule has 0 aliphatic heterocycles. The molecule has 1 rings (SSSR count). The second kappa shape index (κ2) is 6.16. The largest absolute Gasteiger partial charge is 0.396 e. The van der Waals surface area contributed by atoms with Crippen LogP contribution in [-0.2, 0) is 0 Å². The molecule has 0 saturated heterocycles. The van der Waals surface area contributed by atoms with Crippen molar-refractivity contribution in [2.75, 3.05) is 11.9 Å². The number of aliphatic hydroxyl groups is 1. The fourth-order valence-corrected chi connectivity index (χ4v) is 1.57. The Kier molecular flexibility index (Phi) is 4.85. The van der Waals surface area contributed by atoms with Crippen molar-refractivity contribution in [2.45, 2.75) is 39.7 Å². The van der Waals surface area contributed by atoms with Gasteiger partial charge in [0.1, 0.15) is 11.6 Å². The number of anilines is 1. The number of hydrogen-bond acceptors (Lipinski definition) is 5. The van der Waals surface area contributed by atoms with E-state index >= 15 is 0 Å². The number of aromatic nitrogens is 2. The summed E-state index contributed by atoms with van der Waals surface area (Å²) in [5.41, 5.74) is 2.15. The SMILES string of the molecule is CCC(CCO)Nc1nnc(C)c(C)c1C#N. The normalized spacial score (nSPS) is 11.9. The van der Waals surface area contributed by atoms with E-state index in [0.717, 1.165) is 17.7 Å². The van der Waals surface area contributed by atoms with Gasteiger partial charge >= 0.3 is 0 Å². The molecular weight excluding hydrogens is 216 g/mol. The van der Waals surface area contributed by atoms with Crippen LogP contribution in [-0.4, -0.2) is 28.0 Å². The molecule has 0 fully saturated rings. The van der Waals surface area contributed by atoms with E-state index in [1.54, 1.807) is 0 Å². The summed E-state index contributed by atoms with van der Waals surface area (Å²) in [5.74, 6) is 0.510. The van der Waals surface area contributed by atoms with E-state index in [-0.39, 0.29) is 12.6 Å². The van der Waals surface area contributed by atoms with E-state index in [4.69, 9.17) is 10.4 Å². The van der Waals surface area contributed by atoms with Crippen molar-refractivity contribution in [3.05, 3.63) is 16.8 Å². The van der Waals surface area contributed by atoms with Crippen LogP contribution in [0.4, 0.5) is 5.82 Å². The summed E-state index contributed by atoms with van der Waals surface area (Å²) in [6, 6.07) is 2.26. The molecule has 0 aliphatic carbocycles. The summed E-state index contributed by atoms with van der Waals surface area (Å²) in [5, 5.41) is 29.2. The molecule has 0 bridgehead atoms. The molecule has 0 aliphatic rings. The highest BCUT2D eigenvalue weighted by molar-refractivity contribution is 5.56. The summed E-state index contributed by atoms with van der Waals surface area (Å²) in [7, 11) is 0. The van der Waals surface area contributed by atoms with E-state index in [0.29, 0.717) is 17.8 Å². The van der Waals surface area contributed by atoms with Crippen molar-refractivity contribution in [1.82, 2.24) is 10.2 Å². The lowest BCUT2D eigenvalue weighted by atomic mass is 10.1. The van der Waals surface area contributed by atoms with Gasteiger partial charge in [0.05, 0.1) is 5.69 Å². The Morgan fingerprint density at radius 1 is 1.41 bits per heavy atom. The van der Waals surface area contributed by atoms with Gasteiger partial charge < -0.3 is 10.4 Å². The summed E-state index contributed by atoms with van der Waals surface area (Å²) in [6.45, 7) is 5.83. The molecule has 5 heteroatoms. The average Bonchev–Trinajstić information content (AvgIpc) is 2.33. The topological polar surface area (TPSA) is 81.8 Å². The molecule has 17 heavy (non-hydrogen) atoms. The summed E-state index contributed by atoms with van der Waals surface area (Å²) in [6.07, 6.45) is 1.50. The maximum atomic E-state index is 9.13. The van der Waals surface area contributed by atoms with Gasteiger partial charge in [-0.3, -0.25) is 0 Å². The minimum atomic E-state index is 0.114. The maximum absolute atomic E-state index is 9.13. The first-order valence-corrected chi connectivity index (χ1v) is 5.75. The number of rotatable bonds is 5. The fraction of sp³-hybridized carbons (Fsp3) is 0.583. The third-order valence-electron chi connectivity index (χ3n) is 2.88. The highest BCUT2D eigenvalue weighted by Crippen LogP contribution is 2.18. The number of nitrogens with zero attached hydrogens (tertiary/aromatic N) is 3. The van der Waals surface area contributed by atoms with Crippen LogP contribution in [0, 0.1) is 25.2 Å². The van der Waals surface area contributed by atoms with Crippen molar-refractivity contribution < 1.29 is 5.11 Å². The van der Waals surface area contributed by atoms with Gasteiger partial charge in [0.15, 0.2) is 5.82 Å². The molecule has 1 atom stereocenters. The summed E-state index contributed by atoms with van der Waals surface area (Å²) >= 11 is 0. The molecular formula is C12H18N4O. The monoisotopic (exact) mass is 234 g/mol. The van der Waals surface area contributed by atoms with Crippen LogP contribution in [0.2, 0.25) is 0 Å². The second-order valence-electron chi connectivity index (χ2n) is 4.01. The number of nitriles is 1. The molecule has 1 heterocycles. The Morgan fingerprint density at radius 3 is 2.65 bits per heavy atom. The molecule has 2 N–H and O–H groups in total. The van der Waals surface area contributed by atoms with Crippen LogP contribution >= 0.6 is 0 Å².